The summed E-state index contributed by atoms with van der Waals surface area (Å²) in [6.45, 7) is 2.06. The molecule has 22 heavy (non-hydrogen) atoms. The average Bonchev–Trinajstić information content (AvgIpc) is 2.71. The molecule has 2 atom stereocenters. The molecule has 2 unspecified atom stereocenters. The molecule has 0 aromatic heterocycles. The van der Waals surface area contributed by atoms with E-state index in [2.05, 4.69) is 18.3 Å². The molecule has 1 saturated heterocycles. The van der Waals surface area contributed by atoms with Crippen LogP contribution in [0.3, 0.4) is 0 Å². The number of nitrogens with one attached hydrogen (secondary N) is 1. The van der Waals surface area contributed by atoms with Gasteiger partial charge in [-0.15, -0.1) is 0 Å². The highest BCUT2D eigenvalue weighted by atomic mass is 16.2. The van der Waals surface area contributed by atoms with Crippen LogP contribution in [0, 0.1) is 0 Å². The van der Waals surface area contributed by atoms with Crippen molar-refractivity contribution in [2.45, 2.75) is 50.6 Å². The van der Waals surface area contributed by atoms with E-state index in [1.807, 2.05) is 12.1 Å². The van der Waals surface area contributed by atoms with Gasteiger partial charge in [-0.3, -0.25) is 19.7 Å². The summed E-state index contributed by atoms with van der Waals surface area (Å²) in [5.74, 6) is -0.665. The highest BCUT2D eigenvalue weighted by Crippen LogP contribution is 2.48. The number of carbonyl (C=O) groups excluding carboxylic acids is 3. The van der Waals surface area contributed by atoms with Crippen LogP contribution in [-0.2, 0) is 21.5 Å². The van der Waals surface area contributed by atoms with Crippen molar-refractivity contribution in [3.8, 4) is 0 Å². The van der Waals surface area contributed by atoms with E-state index in [9.17, 15) is 14.4 Å². The van der Waals surface area contributed by atoms with Gasteiger partial charge in [0.2, 0.25) is 11.8 Å². The second kappa shape index (κ2) is 4.41. The Morgan fingerprint density at radius 2 is 2.05 bits per heavy atom. The van der Waals surface area contributed by atoms with Gasteiger partial charge in [0.05, 0.1) is 5.54 Å². The van der Waals surface area contributed by atoms with Crippen LogP contribution in [0.4, 0.5) is 0 Å². The topological polar surface area (TPSA) is 66.5 Å². The Hall–Kier alpha value is -2.17. The number of hydrogen-bond acceptors (Lipinski definition) is 3. The van der Waals surface area contributed by atoms with Crippen molar-refractivity contribution in [2.75, 3.05) is 0 Å². The van der Waals surface area contributed by atoms with E-state index in [0.29, 0.717) is 12.8 Å². The van der Waals surface area contributed by atoms with Gasteiger partial charge in [0.1, 0.15) is 6.04 Å². The number of carbonyl (C=O) groups is 3. The summed E-state index contributed by atoms with van der Waals surface area (Å²) >= 11 is 0. The zero-order chi connectivity index (χ0) is 15.5. The number of aryl methyl sites for hydroxylation is 1. The third-order valence-electron chi connectivity index (χ3n) is 5.30. The molecule has 2 heterocycles. The lowest BCUT2D eigenvalue weighted by Crippen LogP contribution is -2.58. The molecule has 1 N–H and O–H groups in total. The first-order valence-electron chi connectivity index (χ1n) is 7.82. The summed E-state index contributed by atoms with van der Waals surface area (Å²) < 4.78 is 0. The number of piperidine rings is 1. The van der Waals surface area contributed by atoms with Crippen LogP contribution in [0.1, 0.15) is 54.1 Å². The van der Waals surface area contributed by atoms with Gasteiger partial charge in [-0.2, -0.15) is 0 Å². The molecule has 3 aliphatic rings. The Balaban J connectivity index is 1.82. The predicted molar refractivity (Wildman–Crippen MR) is 79.1 cm³/mol. The van der Waals surface area contributed by atoms with Crippen molar-refractivity contribution in [3.63, 3.8) is 0 Å². The monoisotopic (exact) mass is 298 g/mol. The van der Waals surface area contributed by atoms with Gasteiger partial charge in [-0.05, 0) is 49.8 Å². The molecule has 1 aromatic carbocycles. The maximum Gasteiger partial charge on any atom is 0.255 e. The van der Waals surface area contributed by atoms with Crippen molar-refractivity contribution in [1.82, 2.24) is 10.2 Å². The van der Waals surface area contributed by atoms with E-state index < -0.39 is 11.6 Å². The minimum Gasteiger partial charge on any atom is -0.317 e. The minimum atomic E-state index is -0.548. The van der Waals surface area contributed by atoms with Crippen LogP contribution in [-0.4, -0.2) is 28.7 Å². The van der Waals surface area contributed by atoms with E-state index in [-0.39, 0.29) is 17.7 Å². The van der Waals surface area contributed by atoms with Crippen LogP contribution in [0.5, 0.6) is 0 Å². The fourth-order valence-corrected chi connectivity index (χ4v) is 4.38. The first-order valence-corrected chi connectivity index (χ1v) is 7.82. The summed E-state index contributed by atoms with van der Waals surface area (Å²) in [5, 5.41) is 2.38. The number of rotatable bonds is 1. The van der Waals surface area contributed by atoms with Gasteiger partial charge in [0.15, 0.2) is 0 Å². The van der Waals surface area contributed by atoms with Crippen molar-refractivity contribution >= 4 is 17.7 Å². The fourth-order valence-electron chi connectivity index (χ4n) is 4.38. The molecule has 1 aromatic rings. The molecule has 5 heteroatoms. The molecule has 0 spiro atoms. The molecule has 114 valence electrons. The first-order chi connectivity index (χ1) is 10.5. The number of amides is 3. The Morgan fingerprint density at radius 3 is 2.82 bits per heavy atom. The lowest BCUT2D eigenvalue weighted by atomic mass is 9.77. The van der Waals surface area contributed by atoms with Gasteiger partial charge < -0.3 is 4.90 Å². The van der Waals surface area contributed by atoms with Crippen molar-refractivity contribution in [3.05, 3.63) is 34.9 Å². The Morgan fingerprint density at radius 1 is 1.23 bits per heavy atom. The van der Waals surface area contributed by atoms with E-state index in [4.69, 9.17) is 0 Å². The quantitative estimate of drug-likeness (QED) is 0.799. The largest absolute Gasteiger partial charge is 0.317 e. The normalized spacial score (nSPS) is 30.3. The van der Waals surface area contributed by atoms with Crippen LogP contribution < -0.4 is 5.32 Å². The molecule has 0 saturated carbocycles. The Labute approximate surface area is 128 Å². The number of nitrogens with zero attached hydrogens (tertiary/aromatic N) is 1. The fraction of sp³-hybridized carbons (Fsp3) is 0.471. The smallest absolute Gasteiger partial charge is 0.255 e. The highest BCUT2D eigenvalue weighted by Gasteiger charge is 2.53. The Bertz CT molecular complexity index is 712. The Kier molecular flexibility index (Phi) is 2.71. The van der Waals surface area contributed by atoms with Gasteiger partial charge in [-0.1, -0.05) is 12.1 Å². The molecule has 4 rings (SSSR count). The second-order valence-electron chi connectivity index (χ2n) is 6.61. The summed E-state index contributed by atoms with van der Waals surface area (Å²) in [5.41, 5.74) is 2.61. The summed E-state index contributed by atoms with van der Waals surface area (Å²) in [7, 11) is 0. The number of imide groups is 1. The van der Waals surface area contributed by atoms with Crippen LogP contribution in [0.15, 0.2) is 18.2 Å². The SMILES string of the molecule is CC12CCCc3cccc(c31)C(=O)N2C1CCC(=O)NC1=O. The molecule has 1 aliphatic carbocycles. The van der Waals surface area contributed by atoms with E-state index in [1.165, 1.54) is 5.56 Å². The number of hydrogen-bond donors (Lipinski definition) is 1. The molecule has 3 amide bonds. The molecule has 0 bridgehead atoms. The van der Waals surface area contributed by atoms with E-state index >= 15 is 0 Å². The second-order valence-corrected chi connectivity index (χ2v) is 6.61. The molecule has 2 aliphatic heterocycles. The third kappa shape index (κ3) is 1.62. The van der Waals surface area contributed by atoms with Crippen LogP contribution >= 0.6 is 0 Å². The van der Waals surface area contributed by atoms with Crippen LogP contribution in [0.25, 0.3) is 0 Å². The lowest BCUT2D eigenvalue weighted by Gasteiger charge is -2.44. The summed E-state index contributed by atoms with van der Waals surface area (Å²) in [4.78, 5) is 38.3. The maximum absolute atomic E-state index is 12.9. The van der Waals surface area contributed by atoms with Gasteiger partial charge in [0.25, 0.3) is 5.91 Å². The first kappa shape index (κ1) is 13.5. The van der Waals surface area contributed by atoms with Crippen molar-refractivity contribution < 1.29 is 14.4 Å². The highest BCUT2D eigenvalue weighted by molar-refractivity contribution is 6.06. The lowest BCUT2D eigenvalue weighted by molar-refractivity contribution is -0.138. The van der Waals surface area contributed by atoms with Crippen LogP contribution in [0.2, 0.25) is 0 Å². The molecule has 1 fully saturated rings. The van der Waals surface area contributed by atoms with Crippen molar-refractivity contribution in [2.24, 2.45) is 0 Å². The van der Waals surface area contributed by atoms with Gasteiger partial charge in [0, 0.05) is 12.0 Å². The number of benzene rings is 1. The molecule has 0 radical (unpaired) electrons. The predicted octanol–water partition coefficient (Wildman–Crippen LogP) is 1.50. The van der Waals surface area contributed by atoms with Crippen molar-refractivity contribution in [1.29, 1.82) is 0 Å². The minimum absolute atomic E-state index is 0.0734. The van der Waals surface area contributed by atoms with E-state index in [1.54, 1.807) is 4.90 Å². The maximum atomic E-state index is 12.9. The zero-order valence-electron chi connectivity index (χ0n) is 12.5. The summed E-state index contributed by atoms with van der Waals surface area (Å²) in [6.07, 6.45) is 3.55. The zero-order valence-corrected chi connectivity index (χ0v) is 12.5. The van der Waals surface area contributed by atoms with Gasteiger partial charge >= 0.3 is 0 Å². The van der Waals surface area contributed by atoms with E-state index in [0.717, 1.165) is 30.4 Å². The standard InChI is InChI=1S/C17H18N2O3/c1-17-9-3-5-10-4-2-6-11(14(10)17)16(22)19(17)12-7-8-13(20)18-15(12)21/h2,4,6,12H,3,5,7-9H2,1H3,(H,18,20,21). The summed E-state index contributed by atoms with van der Waals surface area (Å²) in [6, 6.07) is 5.31. The van der Waals surface area contributed by atoms with Gasteiger partial charge in [-0.25, -0.2) is 0 Å². The third-order valence-corrected chi connectivity index (χ3v) is 5.30. The molecular formula is C17H18N2O3. The average molecular weight is 298 g/mol. The molecule has 5 nitrogen and oxygen atoms in total. The molecular weight excluding hydrogens is 280 g/mol.